The molecule has 4 aromatic rings. The third-order valence-electron chi connectivity index (χ3n) is 6.73. The highest BCUT2D eigenvalue weighted by Gasteiger charge is 2.24. The van der Waals surface area contributed by atoms with Crippen molar-refractivity contribution in [1.29, 1.82) is 0 Å². The predicted octanol–water partition coefficient (Wildman–Crippen LogP) is 5.21. The van der Waals surface area contributed by atoms with E-state index >= 15 is 0 Å². The van der Waals surface area contributed by atoms with Gasteiger partial charge in [-0.05, 0) is 66.3 Å². The van der Waals surface area contributed by atoms with Crippen LogP contribution in [-0.4, -0.2) is 40.1 Å². The number of fused-ring (bicyclic) bond motifs is 1. The highest BCUT2D eigenvalue weighted by atomic mass is 32.2. The Morgan fingerprint density at radius 3 is 2.13 bits per heavy atom. The summed E-state index contributed by atoms with van der Waals surface area (Å²) in [5, 5.41) is 4.47. The molecule has 8 nitrogen and oxygen atoms in total. The van der Waals surface area contributed by atoms with Gasteiger partial charge in [0, 0.05) is 29.7 Å². The number of nitrogens with zero attached hydrogens (tertiary/aromatic N) is 1. The molecule has 1 fully saturated rings. The van der Waals surface area contributed by atoms with Crippen LogP contribution in [0.15, 0.2) is 95.9 Å². The Bertz CT molecular complexity index is 1690. The number of anilines is 2. The number of piperidine rings is 1. The average molecular weight is 564 g/mol. The van der Waals surface area contributed by atoms with E-state index in [9.17, 15) is 21.6 Å². The van der Waals surface area contributed by atoms with Crippen molar-refractivity contribution in [2.24, 2.45) is 0 Å². The molecule has 1 aliphatic heterocycles. The fourth-order valence-corrected chi connectivity index (χ4v) is 7.33. The molecule has 0 bridgehead atoms. The van der Waals surface area contributed by atoms with Crippen LogP contribution >= 0.6 is 0 Å². The molecule has 4 aromatic carbocycles. The van der Waals surface area contributed by atoms with Crippen LogP contribution in [0.2, 0.25) is 0 Å². The first-order valence-electron chi connectivity index (χ1n) is 12.7. The maximum Gasteiger partial charge on any atom is 0.261 e. The molecule has 10 heteroatoms. The van der Waals surface area contributed by atoms with Crippen LogP contribution in [0.25, 0.3) is 10.8 Å². The predicted molar refractivity (Wildman–Crippen MR) is 154 cm³/mol. The van der Waals surface area contributed by atoms with E-state index in [0.29, 0.717) is 35.6 Å². The number of carbonyl (C=O) groups excluding carboxylic acids is 1. The van der Waals surface area contributed by atoms with Gasteiger partial charge in [0.15, 0.2) is 0 Å². The molecule has 1 saturated heterocycles. The van der Waals surface area contributed by atoms with Gasteiger partial charge in [-0.15, -0.1) is 0 Å². The Morgan fingerprint density at radius 2 is 1.41 bits per heavy atom. The van der Waals surface area contributed by atoms with Gasteiger partial charge in [0.2, 0.25) is 10.0 Å². The van der Waals surface area contributed by atoms with Crippen molar-refractivity contribution in [3.05, 3.63) is 102 Å². The van der Waals surface area contributed by atoms with Crippen molar-refractivity contribution in [2.45, 2.75) is 29.9 Å². The van der Waals surface area contributed by atoms with E-state index in [1.54, 1.807) is 40.7 Å². The molecule has 0 saturated carbocycles. The van der Waals surface area contributed by atoms with Crippen LogP contribution in [0.4, 0.5) is 11.4 Å². The van der Waals surface area contributed by atoms with Crippen molar-refractivity contribution in [2.75, 3.05) is 23.1 Å². The third-order valence-corrected chi connectivity index (χ3v) is 9.96. The number of sulfonamides is 2. The lowest BCUT2D eigenvalue weighted by Gasteiger charge is -2.25. The van der Waals surface area contributed by atoms with Gasteiger partial charge < -0.3 is 5.32 Å². The van der Waals surface area contributed by atoms with Crippen LogP contribution in [0, 0.1) is 0 Å². The first-order chi connectivity index (χ1) is 18.7. The lowest BCUT2D eigenvalue weighted by molar-refractivity contribution is 0.102. The third kappa shape index (κ3) is 6.30. The lowest BCUT2D eigenvalue weighted by Crippen LogP contribution is -2.36. The molecule has 0 unspecified atom stereocenters. The van der Waals surface area contributed by atoms with E-state index in [4.69, 9.17) is 0 Å². The largest absolute Gasteiger partial charge is 0.322 e. The minimum absolute atomic E-state index is 0.0627. The van der Waals surface area contributed by atoms with E-state index < -0.39 is 20.0 Å². The van der Waals surface area contributed by atoms with Crippen LogP contribution in [0.1, 0.15) is 35.2 Å². The van der Waals surface area contributed by atoms with E-state index in [0.717, 1.165) is 30.0 Å². The topological polar surface area (TPSA) is 113 Å². The standard InChI is InChI=1S/C29H29N3O5S2/c33-29(24-13-11-22(12-14-24)21-38(34,35)32-19-4-1-5-20-32)30-25-15-17-26(18-16-25)39(36,37)31-28-10-6-8-23-7-2-3-9-27(23)28/h2-3,6-18,31H,1,4-5,19-21H2,(H,30,33). The van der Waals surface area contributed by atoms with Gasteiger partial charge in [-0.25, -0.2) is 21.1 Å². The molecule has 5 rings (SSSR count). The van der Waals surface area contributed by atoms with Gasteiger partial charge in [0.1, 0.15) is 0 Å². The van der Waals surface area contributed by atoms with Crippen LogP contribution in [0.5, 0.6) is 0 Å². The molecule has 202 valence electrons. The molecule has 0 radical (unpaired) electrons. The van der Waals surface area contributed by atoms with Crippen molar-refractivity contribution in [3.8, 4) is 0 Å². The first-order valence-corrected chi connectivity index (χ1v) is 15.8. The highest BCUT2D eigenvalue weighted by molar-refractivity contribution is 7.92. The number of rotatable bonds is 8. The van der Waals surface area contributed by atoms with Gasteiger partial charge in [0.05, 0.1) is 16.3 Å². The molecular weight excluding hydrogens is 534 g/mol. The molecule has 1 amide bonds. The van der Waals surface area contributed by atoms with Crippen molar-refractivity contribution in [1.82, 2.24) is 4.31 Å². The monoisotopic (exact) mass is 563 g/mol. The summed E-state index contributed by atoms with van der Waals surface area (Å²) in [7, 11) is -7.23. The van der Waals surface area contributed by atoms with Crippen LogP contribution in [0.3, 0.4) is 0 Å². The fraction of sp³-hybridized carbons (Fsp3) is 0.207. The van der Waals surface area contributed by atoms with E-state index in [1.165, 1.54) is 24.3 Å². The maximum absolute atomic E-state index is 13.0. The number of hydrogen-bond acceptors (Lipinski definition) is 5. The van der Waals surface area contributed by atoms with Crippen LogP contribution in [-0.2, 0) is 25.8 Å². The van der Waals surface area contributed by atoms with E-state index in [-0.39, 0.29) is 16.6 Å². The quantitative estimate of drug-likeness (QED) is 0.306. The minimum Gasteiger partial charge on any atom is -0.322 e. The number of nitrogens with one attached hydrogen (secondary N) is 2. The average Bonchev–Trinajstić information content (AvgIpc) is 2.94. The lowest BCUT2D eigenvalue weighted by atomic mass is 10.1. The summed E-state index contributed by atoms with van der Waals surface area (Å²) in [6.45, 7) is 1.12. The molecule has 0 aromatic heterocycles. The van der Waals surface area contributed by atoms with E-state index in [2.05, 4.69) is 10.0 Å². The number of carbonyl (C=O) groups is 1. The maximum atomic E-state index is 13.0. The number of hydrogen-bond donors (Lipinski definition) is 2. The van der Waals surface area contributed by atoms with Gasteiger partial charge in [-0.1, -0.05) is 55.0 Å². The molecule has 0 aliphatic carbocycles. The zero-order valence-corrected chi connectivity index (χ0v) is 22.8. The zero-order chi connectivity index (χ0) is 27.5. The van der Waals surface area contributed by atoms with Crippen molar-refractivity contribution in [3.63, 3.8) is 0 Å². The molecule has 1 aliphatic rings. The van der Waals surface area contributed by atoms with Crippen LogP contribution < -0.4 is 10.0 Å². The zero-order valence-electron chi connectivity index (χ0n) is 21.2. The highest BCUT2D eigenvalue weighted by Crippen LogP contribution is 2.26. The Kier molecular flexibility index (Phi) is 7.69. The number of benzene rings is 4. The van der Waals surface area contributed by atoms with Gasteiger partial charge in [0.25, 0.3) is 15.9 Å². The normalized spacial score (nSPS) is 14.7. The number of amides is 1. The second-order valence-electron chi connectivity index (χ2n) is 9.52. The van der Waals surface area contributed by atoms with Crippen molar-refractivity contribution >= 4 is 48.1 Å². The molecule has 1 heterocycles. The summed E-state index contributed by atoms with van der Waals surface area (Å²) in [5.41, 5.74) is 1.90. The summed E-state index contributed by atoms with van der Waals surface area (Å²) in [6, 6.07) is 25.3. The fourth-order valence-electron chi connectivity index (χ4n) is 4.64. The molecular formula is C29H29N3O5S2. The Hall–Kier alpha value is -3.73. The molecule has 0 atom stereocenters. The Morgan fingerprint density at radius 1 is 0.744 bits per heavy atom. The summed E-state index contributed by atoms with van der Waals surface area (Å²) < 4.78 is 55.5. The SMILES string of the molecule is O=C(Nc1ccc(S(=O)(=O)Nc2cccc3ccccc23)cc1)c1ccc(CS(=O)(=O)N2CCCCC2)cc1. The van der Waals surface area contributed by atoms with Crippen molar-refractivity contribution < 1.29 is 21.6 Å². The van der Waals surface area contributed by atoms with E-state index in [1.807, 2.05) is 30.3 Å². The molecule has 39 heavy (non-hydrogen) atoms. The Labute approximate surface area is 228 Å². The summed E-state index contributed by atoms with van der Waals surface area (Å²) in [6.07, 6.45) is 2.81. The first kappa shape index (κ1) is 26.9. The van der Waals surface area contributed by atoms with Gasteiger partial charge in [-0.3, -0.25) is 9.52 Å². The molecule has 0 spiro atoms. The second-order valence-corrected chi connectivity index (χ2v) is 13.2. The summed E-state index contributed by atoms with van der Waals surface area (Å²) in [5.74, 6) is -0.484. The minimum atomic E-state index is -3.85. The second kappa shape index (κ2) is 11.2. The van der Waals surface area contributed by atoms with Gasteiger partial charge >= 0.3 is 0 Å². The summed E-state index contributed by atoms with van der Waals surface area (Å²) >= 11 is 0. The van der Waals surface area contributed by atoms with Gasteiger partial charge in [-0.2, -0.15) is 0 Å². The smallest absolute Gasteiger partial charge is 0.261 e. The summed E-state index contributed by atoms with van der Waals surface area (Å²) in [4.78, 5) is 12.8. The Balaban J connectivity index is 1.22. The molecule has 2 N–H and O–H groups in total.